The normalized spacial score (nSPS) is 11.8. The van der Waals surface area contributed by atoms with Gasteiger partial charge in [0.2, 0.25) is 5.91 Å². The molecule has 0 aliphatic heterocycles. The van der Waals surface area contributed by atoms with Crippen LogP contribution in [0.5, 0.6) is 0 Å². The molecule has 0 bridgehead atoms. The number of carbonyl (C=O) groups excluding carboxylic acids is 1. The lowest BCUT2D eigenvalue weighted by molar-refractivity contribution is -0.113. The average molecular weight is 452 g/mol. The molecule has 0 saturated carbocycles. The molecule has 0 spiro atoms. The number of aryl methyl sites for hydroxylation is 1. The second-order valence-corrected chi connectivity index (χ2v) is 10.7. The zero-order chi connectivity index (χ0) is 21.1. The minimum atomic E-state index is -3.81. The van der Waals surface area contributed by atoms with Crippen LogP contribution in [0.3, 0.4) is 0 Å². The van der Waals surface area contributed by atoms with Gasteiger partial charge in [-0.1, -0.05) is 17.7 Å². The van der Waals surface area contributed by atoms with E-state index < -0.39 is 31.5 Å². The Balaban J connectivity index is 1.66. The number of nitrogens with zero attached hydrogens (tertiary/aromatic N) is 1. The first-order valence-electron chi connectivity index (χ1n) is 8.27. The average Bonchev–Trinajstić information content (AvgIpc) is 3.14. The fourth-order valence-corrected chi connectivity index (χ4v) is 5.29. The quantitative estimate of drug-likeness (QED) is 0.569. The van der Waals surface area contributed by atoms with Crippen LogP contribution < -0.4 is 10.0 Å². The number of benzene rings is 2. The van der Waals surface area contributed by atoms with Gasteiger partial charge in [-0.2, -0.15) is 0 Å². The van der Waals surface area contributed by atoms with Crippen LogP contribution in [0.2, 0.25) is 0 Å². The summed E-state index contributed by atoms with van der Waals surface area (Å²) in [6, 6.07) is 11.6. The highest BCUT2D eigenvalue weighted by Gasteiger charge is 2.20. The van der Waals surface area contributed by atoms with Gasteiger partial charge in [-0.3, -0.25) is 9.52 Å². The van der Waals surface area contributed by atoms with Crippen LogP contribution in [0.1, 0.15) is 5.56 Å². The molecule has 0 fully saturated rings. The van der Waals surface area contributed by atoms with E-state index in [-0.39, 0.29) is 20.6 Å². The summed E-state index contributed by atoms with van der Waals surface area (Å²) >= 11 is 1.14. The topological polar surface area (TPSA) is 122 Å². The summed E-state index contributed by atoms with van der Waals surface area (Å²) in [4.78, 5) is 16.0. The third kappa shape index (κ3) is 5.40. The van der Waals surface area contributed by atoms with Crippen molar-refractivity contribution < 1.29 is 21.6 Å². The van der Waals surface area contributed by atoms with E-state index in [0.29, 0.717) is 0 Å². The Labute approximate surface area is 172 Å². The first kappa shape index (κ1) is 21.0. The molecule has 152 valence electrons. The van der Waals surface area contributed by atoms with Crippen molar-refractivity contribution in [3.63, 3.8) is 0 Å². The van der Waals surface area contributed by atoms with Crippen molar-refractivity contribution in [2.24, 2.45) is 0 Å². The number of thiazole rings is 1. The number of aromatic nitrogens is 1. The molecule has 3 aromatic rings. The van der Waals surface area contributed by atoms with E-state index in [4.69, 9.17) is 0 Å². The maximum Gasteiger partial charge on any atom is 0.263 e. The van der Waals surface area contributed by atoms with Crippen molar-refractivity contribution >= 4 is 47.9 Å². The summed E-state index contributed by atoms with van der Waals surface area (Å²) in [6.45, 7) is 1.83. The monoisotopic (exact) mass is 451 g/mol. The number of sulfone groups is 1. The van der Waals surface area contributed by atoms with Crippen LogP contribution in [0.25, 0.3) is 0 Å². The summed E-state index contributed by atoms with van der Waals surface area (Å²) in [5.74, 6) is -1.44. The van der Waals surface area contributed by atoms with Gasteiger partial charge in [0.25, 0.3) is 10.0 Å². The van der Waals surface area contributed by atoms with Crippen molar-refractivity contribution in [1.29, 1.82) is 0 Å². The van der Waals surface area contributed by atoms with Crippen LogP contribution in [-0.2, 0) is 24.7 Å². The van der Waals surface area contributed by atoms with Gasteiger partial charge in [-0.25, -0.2) is 21.8 Å². The molecule has 11 heteroatoms. The maximum absolute atomic E-state index is 12.3. The largest absolute Gasteiger partial charge is 0.325 e. The lowest BCUT2D eigenvalue weighted by atomic mass is 10.2. The molecule has 1 aromatic heterocycles. The summed E-state index contributed by atoms with van der Waals surface area (Å²) in [7, 11) is -7.59. The van der Waals surface area contributed by atoms with Crippen LogP contribution in [0.15, 0.2) is 69.9 Å². The third-order valence-electron chi connectivity index (χ3n) is 3.80. The van der Waals surface area contributed by atoms with Gasteiger partial charge in [0, 0.05) is 17.3 Å². The van der Waals surface area contributed by atoms with Gasteiger partial charge in [-0.05, 0) is 43.3 Å². The van der Waals surface area contributed by atoms with Crippen LogP contribution in [-0.4, -0.2) is 33.5 Å². The van der Waals surface area contributed by atoms with Crippen molar-refractivity contribution in [2.45, 2.75) is 16.7 Å². The van der Waals surface area contributed by atoms with Gasteiger partial charge in [0.05, 0.1) is 9.79 Å². The summed E-state index contributed by atoms with van der Waals surface area (Å²) in [6.07, 6.45) is 1.48. The smallest absolute Gasteiger partial charge is 0.263 e. The second kappa shape index (κ2) is 8.31. The van der Waals surface area contributed by atoms with Crippen molar-refractivity contribution in [3.8, 4) is 0 Å². The van der Waals surface area contributed by atoms with Crippen LogP contribution in [0.4, 0.5) is 10.8 Å². The first-order chi connectivity index (χ1) is 13.7. The number of amides is 1. The van der Waals surface area contributed by atoms with E-state index in [0.717, 1.165) is 16.9 Å². The van der Waals surface area contributed by atoms with E-state index >= 15 is 0 Å². The number of carbonyl (C=O) groups is 1. The van der Waals surface area contributed by atoms with Gasteiger partial charge in [-0.15, -0.1) is 11.3 Å². The molecule has 1 heterocycles. The highest BCUT2D eigenvalue weighted by Crippen LogP contribution is 2.20. The molecule has 2 aromatic carbocycles. The van der Waals surface area contributed by atoms with E-state index in [1.807, 2.05) is 6.92 Å². The SMILES string of the molecule is Cc1ccc(S(=O)(=O)CC(=O)Nc2ccc(S(=O)(=O)Nc3nccs3)cc2)cc1. The number of nitrogens with one attached hydrogen (secondary N) is 2. The summed E-state index contributed by atoms with van der Waals surface area (Å²) in [5.41, 5.74) is 1.19. The number of sulfonamides is 1. The highest BCUT2D eigenvalue weighted by atomic mass is 32.2. The van der Waals surface area contributed by atoms with Crippen LogP contribution in [0, 0.1) is 6.92 Å². The zero-order valence-electron chi connectivity index (χ0n) is 15.2. The maximum atomic E-state index is 12.3. The molecule has 0 atom stereocenters. The second-order valence-electron chi connectivity index (χ2n) is 6.09. The predicted molar refractivity (Wildman–Crippen MR) is 111 cm³/mol. The Morgan fingerprint density at radius 2 is 1.59 bits per heavy atom. The Hall–Kier alpha value is -2.76. The molecule has 0 aliphatic carbocycles. The van der Waals surface area contributed by atoms with E-state index in [9.17, 15) is 21.6 Å². The van der Waals surface area contributed by atoms with Gasteiger partial charge >= 0.3 is 0 Å². The van der Waals surface area contributed by atoms with Crippen LogP contribution >= 0.6 is 11.3 Å². The molecule has 3 rings (SSSR count). The lowest BCUT2D eigenvalue weighted by Crippen LogP contribution is -2.23. The van der Waals surface area contributed by atoms with E-state index in [1.54, 1.807) is 17.5 Å². The Bertz CT molecular complexity index is 1200. The first-order valence-corrected chi connectivity index (χ1v) is 12.3. The van der Waals surface area contributed by atoms with E-state index in [2.05, 4.69) is 15.0 Å². The highest BCUT2D eigenvalue weighted by molar-refractivity contribution is 7.93. The third-order valence-corrected chi connectivity index (χ3v) is 7.61. The zero-order valence-corrected chi connectivity index (χ0v) is 17.6. The Morgan fingerprint density at radius 3 is 2.17 bits per heavy atom. The minimum Gasteiger partial charge on any atom is -0.325 e. The van der Waals surface area contributed by atoms with E-state index in [1.165, 1.54) is 42.6 Å². The number of rotatable bonds is 7. The van der Waals surface area contributed by atoms with Gasteiger partial charge < -0.3 is 5.32 Å². The standard InChI is InChI=1S/C18H17N3O5S3/c1-13-2-6-15(7-3-13)28(23,24)12-17(22)20-14-4-8-16(9-5-14)29(25,26)21-18-19-10-11-27-18/h2-11H,12H2,1H3,(H,19,21)(H,20,22). The molecular formula is C18H17N3O5S3. The summed E-state index contributed by atoms with van der Waals surface area (Å²) in [5, 5.41) is 4.34. The fourth-order valence-electron chi connectivity index (χ4n) is 2.36. The lowest BCUT2D eigenvalue weighted by Gasteiger charge is -2.09. The van der Waals surface area contributed by atoms with Gasteiger partial charge in [0.15, 0.2) is 15.0 Å². The van der Waals surface area contributed by atoms with Crippen molar-refractivity contribution in [3.05, 3.63) is 65.7 Å². The van der Waals surface area contributed by atoms with Crippen molar-refractivity contribution in [1.82, 2.24) is 4.98 Å². The number of hydrogen-bond acceptors (Lipinski definition) is 7. The van der Waals surface area contributed by atoms with Crippen molar-refractivity contribution in [2.75, 3.05) is 15.8 Å². The molecule has 0 unspecified atom stereocenters. The Kier molecular flexibility index (Phi) is 6.01. The predicted octanol–water partition coefficient (Wildman–Crippen LogP) is 2.66. The molecule has 29 heavy (non-hydrogen) atoms. The number of anilines is 2. The molecule has 1 amide bonds. The molecule has 2 N–H and O–H groups in total. The molecule has 8 nitrogen and oxygen atoms in total. The number of hydrogen-bond donors (Lipinski definition) is 2. The minimum absolute atomic E-state index is 0.0158. The molecule has 0 radical (unpaired) electrons. The Morgan fingerprint density at radius 1 is 0.966 bits per heavy atom. The fraction of sp³-hybridized carbons (Fsp3) is 0.111. The molecule has 0 saturated heterocycles. The summed E-state index contributed by atoms with van der Waals surface area (Å²) < 4.78 is 51.6. The van der Waals surface area contributed by atoms with Gasteiger partial charge in [0.1, 0.15) is 5.75 Å². The molecular weight excluding hydrogens is 434 g/mol. The molecule has 0 aliphatic rings.